The van der Waals surface area contributed by atoms with E-state index in [0.29, 0.717) is 20.8 Å². The molecule has 0 aliphatic heterocycles. The number of rotatable bonds is 9. The van der Waals surface area contributed by atoms with Crippen molar-refractivity contribution < 1.29 is 9.59 Å². The Morgan fingerprint density at radius 3 is 2.30 bits per heavy atom. The molecule has 1 aliphatic carbocycles. The number of thioether (sulfide) groups is 1. The van der Waals surface area contributed by atoms with Gasteiger partial charge in [0.15, 0.2) is 0 Å². The number of carbonyl (C=O) groups excluding carboxylic acids is 2. The minimum Gasteiger partial charge on any atom is -0.352 e. The fourth-order valence-electron chi connectivity index (χ4n) is 3.96. The molecule has 1 aliphatic rings. The molecular formula is C25H29Cl3N2O2S. The SMILES string of the molecule is CC(C(=O)NC1CCCCC1)N(Cc1ccccc1Cl)C(=O)CSCc1c(Cl)cccc1Cl. The third-order valence-corrected chi connectivity index (χ3v) is 7.97. The number of nitrogens with one attached hydrogen (secondary N) is 1. The van der Waals surface area contributed by atoms with Crippen LogP contribution in [0.2, 0.25) is 15.1 Å². The number of hydrogen-bond donors (Lipinski definition) is 1. The van der Waals surface area contributed by atoms with Gasteiger partial charge in [0, 0.05) is 33.4 Å². The Bertz CT molecular complexity index is 946. The zero-order chi connectivity index (χ0) is 23.8. The molecule has 0 spiro atoms. The zero-order valence-electron chi connectivity index (χ0n) is 18.7. The minimum atomic E-state index is -0.611. The van der Waals surface area contributed by atoms with Crippen LogP contribution in [-0.2, 0) is 21.9 Å². The van der Waals surface area contributed by atoms with Gasteiger partial charge in [-0.1, -0.05) is 78.3 Å². The van der Waals surface area contributed by atoms with Crippen LogP contribution in [-0.4, -0.2) is 34.6 Å². The van der Waals surface area contributed by atoms with Gasteiger partial charge in [0.05, 0.1) is 5.75 Å². The van der Waals surface area contributed by atoms with Crippen LogP contribution in [0.25, 0.3) is 0 Å². The Balaban J connectivity index is 1.69. The molecule has 3 rings (SSSR count). The highest BCUT2D eigenvalue weighted by atomic mass is 35.5. The van der Waals surface area contributed by atoms with Crippen LogP contribution in [0, 0.1) is 0 Å². The minimum absolute atomic E-state index is 0.124. The molecule has 4 nitrogen and oxygen atoms in total. The summed E-state index contributed by atoms with van der Waals surface area (Å²) in [4.78, 5) is 27.9. The zero-order valence-corrected chi connectivity index (χ0v) is 21.7. The highest BCUT2D eigenvalue weighted by Gasteiger charge is 2.28. The number of hydrogen-bond acceptors (Lipinski definition) is 3. The fraction of sp³-hybridized carbons (Fsp3) is 0.440. The number of carbonyl (C=O) groups is 2. The van der Waals surface area contributed by atoms with Crippen molar-refractivity contribution >= 4 is 58.4 Å². The summed E-state index contributed by atoms with van der Waals surface area (Å²) in [6.07, 6.45) is 5.45. The first-order chi connectivity index (χ1) is 15.9. The second-order valence-electron chi connectivity index (χ2n) is 8.33. The van der Waals surface area contributed by atoms with Gasteiger partial charge >= 0.3 is 0 Å². The molecule has 0 aromatic heterocycles. The van der Waals surface area contributed by atoms with Gasteiger partial charge in [-0.3, -0.25) is 9.59 Å². The second-order valence-corrected chi connectivity index (χ2v) is 10.5. The first-order valence-corrected chi connectivity index (χ1v) is 13.5. The van der Waals surface area contributed by atoms with Crippen molar-refractivity contribution in [1.29, 1.82) is 0 Å². The van der Waals surface area contributed by atoms with E-state index in [9.17, 15) is 9.59 Å². The normalized spacial score (nSPS) is 15.2. The van der Waals surface area contributed by atoms with E-state index in [0.717, 1.165) is 36.8 Å². The molecule has 1 atom stereocenters. The number of amides is 2. The van der Waals surface area contributed by atoms with Crippen molar-refractivity contribution in [2.75, 3.05) is 5.75 Å². The van der Waals surface area contributed by atoms with E-state index in [1.54, 1.807) is 36.1 Å². The lowest BCUT2D eigenvalue weighted by Crippen LogP contribution is -2.50. The molecule has 1 unspecified atom stereocenters. The predicted octanol–water partition coefficient (Wildman–Crippen LogP) is 6.75. The molecule has 0 bridgehead atoms. The van der Waals surface area contributed by atoms with Crippen molar-refractivity contribution in [1.82, 2.24) is 10.2 Å². The van der Waals surface area contributed by atoms with E-state index in [1.165, 1.54) is 18.2 Å². The van der Waals surface area contributed by atoms with Gasteiger partial charge in [0.25, 0.3) is 0 Å². The summed E-state index contributed by atoms with van der Waals surface area (Å²) in [5.74, 6) is 0.454. The molecule has 1 saturated carbocycles. The molecule has 2 aromatic carbocycles. The standard InChI is InChI=1S/C25H29Cl3N2O2S/c1-17(25(32)29-19-9-3-2-4-10-19)30(14-18-8-5-6-11-21(18)26)24(31)16-33-15-20-22(27)12-7-13-23(20)28/h5-8,11-13,17,19H,2-4,9-10,14-16H2,1H3,(H,29,32). The summed E-state index contributed by atoms with van der Waals surface area (Å²) < 4.78 is 0. The molecule has 1 N–H and O–H groups in total. The molecule has 0 radical (unpaired) electrons. The highest BCUT2D eigenvalue weighted by Crippen LogP contribution is 2.29. The smallest absolute Gasteiger partial charge is 0.242 e. The lowest BCUT2D eigenvalue weighted by molar-refractivity contribution is -0.139. The van der Waals surface area contributed by atoms with Gasteiger partial charge in [0.1, 0.15) is 6.04 Å². The summed E-state index contributed by atoms with van der Waals surface area (Å²) in [5, 5.41) is 4.88. The summed E-state index contributed by atoms with van der Waals surface area (Å²) in [6, 6.07) is 12.3. The lowest BCUT2D eigenvalue weighted by Gasteiger charge is -2.31. The summed E-state index contributed by atoms with van der Waals surface area (Å²) in [7, 11) is 0. The quantitative estimate of drug-likeness (QED) is 0.392. The maximum atomic E-state index is 13.3. The van der Waals surface area contributed by atoms with Crippen LogP contribution in [0.5, 0.6) is 0 Å². The lowest BCUT2D eigenvalue weighted by atomic mass is 9.95. The van der Waals surface area contributed by atoms with Crippen LogP contribution in [0.1, 0.15) is 50.2 Å². The van der Waals surface area contributed by atoms with Crippen molar-refractivity contribution in [2.24, 2.45) is 0 Å². The Morgan fingerprint density at radius 1 is 1.00 bits per heavy atom. The maximum absolute atomic E-state index is 13.3. The van der Waals surface area contributed by atoms with Gasteiger partial charge in [0.2, 0.25) is 11.8 Å². The molecule has 8 heteroatoms. The number of nitrogens with zero attached hydrogens (tertiary/aromatic N) is 1. The van der Waals surface area contributed by atoms with Crippen molar-refractivity contribution in [2.45, 2.75) is 63.4 Å². The van der Waals surface area contributed by atoms with Crippen molar-refractivity contribution in [3.63, 3.8) is 0 Å². The van der Waals surface area contributed by atoms with E-state index in [2.05, 4.69) is 5.32 Å². The van der Waals surface area contributed by atoms with E-state index in [4.69, 9.17) is 34.8 Å². The Kier molecular flexibility index (Phi) is 10.2. The molecular weight excluding hydrogens is 499 g/mol. The Morgan fingerprint density at radius 2 is 1.64 bits per heavy atom. The van der Waals surface area contributed by atoms with Crippen molar-refractivity contribution in [3.05, 3.63) is 68.7 Å². The molecule has 178 valence electrons. The molecule has 0 heterocycles. The largest absolute Gasteiger partial charge is 0.352 e. The van der Waals surface area contributed by atoms with Gasteiger partial charge in [-0.05, 0) is 49.1 Å². The molecule has 0 saturated heterocycles. The number of benzene rings is 2. The molecule has 1 fully saturated rings. The van der Waals surface area contributed by atoms with Crippen LogP contribution in [0.15, 0.2) is 42.5 Å². The first kappa shape index (κ1) is 26.2. The fourth-order valence-corrected chi connectivity index (χ4v) is 5.80. The summed E-state index contributed by atoms with van der Waals surface area (Å²) in [5.41, 5.74) is 1.61. The number of halogens is 3. The monoisotopic (exact) mass is 526 g/mol. The third kappa shape index (κ3) is 7.54. The van der Waals surface area contributed by atoms with Crippen LogP contribution >= 0.6 is 46.6 Å². The van der Waals surface area contributed by atoms with E-state index in [1.807, 2.05) is 18.2 Å². The Hall–Kier alpha value is -1.40. The van der Waals surface area contributed by atoms with Gasteiger partial charge < -0.3 is 10.2 Å². The summed E-state index contributed by atoms with van der Waals surface area (Å²) >= 11 is 20.3. The molecule has 33 heavy (non-hydrogen) atoms. The molecule has 2 amide bonds. The van der Waals surface area contributed by atoms with Crippen LogP contribution < -0.4 is 5.32 Å². The molecule has 2 aromatic rings. The Labute approximate surface area is 215 Å². The van der Waals surface area contributed by atoms with E-state index in [-0.39, 0.29) is 30.2 Å². The van der Waals surface area contributed by atoms with Gasteiger partial charge in [-0.2, -0.15) is 0 Å². The van der Waals surface area contributed by atoms with Crippen LogP contribution in [0.4, 0.5) is 0 Å². The first-order valence-electron chi connectivity index (χ1n) is 11.2. The average Bonchev–Trinajstić information content (AvgIpc) is 2.80. The average molecular weight is 528 g/mol. The maximum Gasteiger partial charge on any atom is 0.242 e. The third-order valence-electron chi connectivity index (χ3n) is 5.95. The van der Waals surface area contributed by atoms with Crippen LogP contribution in [0.3, 0.4) is 0 Å². The summed E-state index contributed by atoms with van der Waals surface area (Å²) in [6.45, 7) is 2.05. The van der Waals surface area contributed by atoms with Gasteiger partial charge in [-0.15, -0.1) is 11.8 Å². The highest BCUT2D eigenvalue weighted by molar-refractivity contribution is 7.99. The van der Waals surface area contributed by atoms with Gasteiger partial charge in [-0.25, -0.2) is 0 Å². The van der Waals surface area contributed by atoms with E-state index < -0.39 is 6.04 Å². The second kappa shape index (κ2) is 12.9. The predicted molar refractivity (Wildman–Crippen MR) is 139 cm³/mol. The van der Waals surface area contributed by atoms with E-state index >= 15 is 0 Å². The van der Waals surface area contributed by atoms with Crippen molar-refractivity contribution in [3.8, 4) is 0 Å². The topological polar surface area (TPSA) is 49.4 Å².